The number of methoxy groups -OCH3 is 3. The van der Waals surface area contributed by atoms with Gasteiger partial charge in [0.25, 0.3) is 0 Å². The van der Waals surface area contributed by atoms with Crippen molar-refractivity contribution in [2.45, 2.75) is 99.9 Å². The Kier molecular flexibility index (Phi) is 32.8. The van der Waals surface area contributed by atoms with Crippen LogP contribution in [-0.4, -0.2) is 211 Å². The Hall–Kier alpha value is -11.6. The first kappa shape index (κ1) is 98.9. The maximum absolute atomic E-state index is 13.3. The average Bonchev–Trinajstić information content (AvgIpc) is 1.64. The third kappa shape index (κ3) is 24.3. The molecule has 4 aliphatic heterocycles. The molecule has 3 amide bonds. The largest absolute Gasteiger partial charge is 0.573 e. The zero-order valence-corrected chi connectivity index (χ0v) is 81.9. The summed E-state index contributed by atoms with van der Waals surface area (Å²) in [6.45, 7) is 29.4. The summed E-state index contributed by atoms with van der Waals surface area (Å²) in [6, 6.07) is 50.8. The molecule has 10 aromatic heterocycles. The molecule has 0 atom stereocenters. The number of benzene rings is 5. The van der Waals surface area contributed by atoms with E-state index in [0.717, 1.165) is 245 Å². The second kappa shape index (κ2) is 45.1. The number of thiophene rings is 5. The Bertz CT molecular complexity index is 6760. The number of morpholine rings is 2. The number of ether oxygens (including phenoxy) is 7. The minimum atomic E-state index is -4.76. The zero-order valence-electron chi connectivity index (χ0n) is 77.0. The van der Waals surface area contributed by atoms with Gasteiger partial charge in [-0.25, -0.2) is 9.18 Å². The van der Waals surface area contributed by atoms with Crippen LogP contribution in [0.5, 0.6) is 23.0 Å². The van der Waals surface area contributed by atoms with E-state index in [-0.39, 0.29) is 51.6 Å². The number of alkyl halides is 3. The lowest BCUT2D eigenvalue weighted by Gasteiger charge is -2.26. The van der Waals surface area contributed by atoms with Crippen LogP contribution in [0, 0.1) is 46.4 Å². The van der Waals surface area contributed by atoms with Crippen LogP contribution in [0.15, 0.2) is 176 Å². The maximum Gasteiger partial charge on any atom is 0.573 e. The van der Waals surface area contributed by atoms with Crippen LogP contribution < -0.4 is 29.6 Å². The Balaban J connectivity index is 0.000000129. The summed E-state index contributed by atoms with van der Waals surface area (Å²) in [6.07, 6.45) is -1.68. The van der Waals surface area contributed by atoms with Gasteiger partial charge >= 0.3 is 12.4 Å². The molecule has 136 heavy (non-hydrogen) atoms. The SMILES string of the molecule is COc1ccc(C(=O)c2cc3cc(C)n(CC4CCOCC4)c3s2)cc1.COc1ccc(C(=O)c2cc3cc(C)n(CCCNC(C)=O)c3s2)cc1.COc1ccc(C(=O)c2cc3cc(C)n(CCN4CCNC4=O)c3s2)cc1.Cc1cc2cc(C(=O)c3ccc(F)cc3Cl)sc2n1CCN1CCOCC1.Cc1cc2cc(C(=O)c3ccc(OC(F)(F)F)cc3)sc2n1CCN1CCOCC1. The topological polar surface area (TPSA) is 243 Å². The Morgan fingerprint density at radius 2 is 0.765 bits per heavy atom. The smallest absolute Gasteiger partial charge is 0.497 e. The number of urea groups is 1. The van der Waals surface area contributed by atoms with Crippen LogP contribution >= 0.6 is 68.3 Å². The van der Waals surface area contributed by atoms with Crippen molar-refractivity contribution in [3.63, 3.8) is 0 Å². The number of halogens is 5. The molecule has 4 aliphatic rings. The first-order valence-corrected chi connectivity index (χ1v) is 49.4. The number of carbonyl (C=O) groups is 7. The number of aryl methyl sites for hydroxylation is 6. The van der Waals surface area contributed by atoms with Crippen molar-refractivity contribution in [1.82, 2.24) is 48.2 Å². The third-order valence-electron chi connectivity index (χ3n) is 24.3. The van der Waals surface area contributed by atoms with Gasteiger partial charge in [-0.1, -0.05) is 11.6 Å². The van der Waals surface area contributed by atoms with Crippen molar-refractivity contribution < 1.29 is 84.3 Å². The molecule has 0 saturated carbocycles. The van der Waals surface area contributed by atoms with Gasteiger partial charge in [0.2, 0.25) is 34.8 Å². The molecule has 0 radical (unpaired) electrons. The number of carbonyl (C=O) groups excluding carboxylic acids is 7. The molecule has 14 heterocycles. The van der Waals surface area contributed by atoms with E-state index in [0.29, 0.717) is 63.1 Å². The van der Waals surface area contributed by atoms with Gasteiger partial charge in [-0.2, -0.15) is 0 Å². The van der Waals surface area contributed by atoms with E-state index in [1.807, 2.05) is 66.4 Å². The van der Waals surface area contributed by atoms with Gasteiger partial charge in [0, 0.05) is 202 Å². The average molecular weight is 1970 g/mol. The summed E-state index contributed by atoms with van der Waals surface area (Å²) in [7, 11) is 4.84. The number of aromatic nitrogens is 5. The highest BCUT2D eigenvalue weighted by Gasteiger charge is 2.32. The molecule has 15 aromatic rings. The first-order valence-electron chi connectivity index (χ1n) is 44.9. The molecule has 4 fully saturated rings. The zero-order chi connectivity index (χ0) is 96.0. The second-order valence-electron chi connectivity index (χ2n) is 33.5. The lowest BCUT2D eigenvalue weighted by molar-refractivity contribution is -0.274. The number of rotatable bonds is 29. The summed E-state index contributed by atoms with van der Waals surface area (Å²) in [5.74, 6) is 1.81. The van der Waals surface area contributed by atoms with Crippen LogP contribution in [0.3, 0.4) is 0 Å². The van der Waals surface area contributed by atoms with E-state index in [2.05, 4.69) is 106 Å². The van der Waals surface area contributed by atoms with Gasteiger partial charge in [-0.05, 0) is 236 Å². The molecular weight excluding hydrogens is 1860 g/mol. The molecule has 2 N–H and O–H groups in total. The van der Waals surface area contributed by atoms with E-state index in [1.165, 1.54) is 98.8 Å². The molecule has 4 saturated heterocycles. The standard InChI is InChI=1S/C21H21F3N2O3S.C21H23NO3S.C20H20ClFN2O2S.C20H21N3O3S.C20H22N2O3S/c1-14-12-16-13-18(19(27)15-2-4-17(5-3-15)29-21(22,23)24)30-20(16)26(14)7-6-25-8-10-28-11-9-25;1-14-11-17-12-19(20(23)16-3-5-18(24-2)6-4-16)26-21(17)22(14)13-15-7-9-25-10-8-15;1-13-10-14-11-18(19(25)16-3-2-15(22)12-17(16)21)27-20(14)24(13)5-4-23-6-8-26-9-7-23;1-13-11-15-12-17(18(24)14-3-5-16(26-2)6-4-14)27-19(15)23(13)10-9-22-8-7-21-20(22)25;1-13-11-16-12-18(19(24)15-5-7-17(25-3)8-6-15)26-20(16)22(13)10-4-9-21-14(2)23/h2-5,12-13H,6-11H2,1H3;3-6,11-12,15H,7-10,13H2,1-2H3;2-3,10-12H,4-9H2,1H3;3-6,11-12H,7-10H2,1-2H3,(H,21,25);5-8,11-12H,4,9-10H2,1-3H3,(H,21,23). The summed E-state index contributed by atoms with van der Waals surface area (Å²) in [4.78, 5) is 102. The molecule has 0 spiro atoms. The number of hydrogen-bond donors (Lipinski definition) is 2. The lowest BCUT2D eigenvalue weighted by Crippen LogP contribution is -2.38. The van der Waals surface area contributed by atoms with Crippen LogP contribution in [0.2, 0.25) is 5.02 Å². The minimum Gasteiger partial charge on any atom is -0.497 e. The van der Waals surface area contributed by atoms with Crippen LogP contribution in [0.25, 0.3) is 51.1 Å². The molecule has 714 valence electrons. The fourth-order valence-electron chi connectivity index (χ4n) is 16.9. The molecule has 19 rings (SSSR count). The Labute approximate surface area is 809 Å². The van der Waals surface area contributed by atoms with E-state index >= 15 is 0 Å². The van der Waals surface area contributed by atoms with Gasteiger partial charge < -0.3 is 71.5 Å². The summed E-state index contributed by atoms with van der Waals surface area (Å²) >= 11 is 13.6. The monoisotopic (exact) mass is 1970 g/mol. The van der Waals surface area contributed by atoms with E-state index in [4.69, 9.17) is 40.0 Å². The highest BCUT2D eigenvalue weighted by atomic mass is 35.5. The van der Waals surface area contributed by atoms with Gasteiger partial charge in [0.15, 0.2) is 0 Å². The van der Waals surface area contributed by atoms with Gasteiger partial charge in [0.05, 0.1) is 77.2 Å². The minimum absolute atomic E-state index is 0.00222. The van der Waals surface area contributed by atoms with E-state index < -0.39 is 12.2 Å². The highest BCUT2D eigenvalue weighted by molar-refractivity contribution is 7.22. The van der Waals surface area contributed by atoms with Crippen molar-refractivity contribution >= 4 is 160 Å². The number of amides is 3. The number of ketones is 5. The quantitative estimate of drug-likeness (QED) is 0.0251. The molecule has 0 aliphatic carbocycles. The van der Waals surface area contributed by atoms with E-state index in [1.54, 1.807) is 81.2 Å². The molecule has 24 nitrogen and oxygen atoms in total. The van der Waals surface area contributed by atoms with Crippen molar-refractivity contribution in [3.05, 3.63) is 267 Å². The molecule has 0 bridgehead atoms. The predicted octanol–water partition coefficient (Wildman–Crippen LogP) is 20.6. The summed E-state index contributed by atoms with van der Waals surface area (Å²) in [5.41, 5.74) is 8.55. The first-order chi connectivity index (χ1) is 65.5. The number of nitrogens with zero attached hydrogens (tertiary/aromatic N) is 8. The van der Waals surface area contributed by atoms with E-state index in [9.17, 15) is 51.1 Å². The Morgan fingerprint density at radius 3 is 1.11 bits per heavy atom. The molecule has 34 heteroatoms. The van der Waals surface area contributed by atoms with Gasteiger partial charge in [0.1, 0.15) is 53.0 Å². The van der Waals surface area contributed by atoms with Gasteiger partial charge in [-0.3, -0.25) is 38.6 Å². The fraction of sp³-hybridized carbons (Fsp3) is 0.343. The predicted molar refractivity (Wildman–Crippen MR) is 530 cm³/mol. The van der Waals surface area contributed by atoms with Crippen molar-refractivity contribution in [3.8, 4) is 23.0 Å². The normalized spacial score (nSPS) is 14.3. The number of nitrogens with one attached hydrogen (secondary N) is 2. The highest BCUT2D eigenvalue weighted by Crippen LogP contribution is 2.39. The van der Waals surface area contributed by atoms with Crippen molar-refractivity contribution in [2.75, 3.05) is 126 Å². The van der Waals surface area contributed by atoms with Gasteiger partial charge in [-0.15, -0.1) is 69.9 Å². The molecular formula is C102H107ClF4N10O14S5. The number of fused-ring (bicyclic) bond motifs is 5. The van der Waals surface area contributed by atoms with Crippen molar-refractivity contribution in [1.29, 1.82) is 0 Å². The third-order valence-corrected chi connectivity index (χ3v) is 30.5. The second-order valence-corrected chi connectivity index (χ2v) is 39.1. The molecule has 0 unspecified atom stereocenters. The van der Waals surface area contributed by atoms with Crippen LogP contribution in [0.4, 0.5) is 22.4 Å². The summed E-state index contributed by atoms with van der Waals surface area (Å²) in [5, 5.41) is 11.2. The maximum atomic E-state index is 13.3. The van der Waals surface area contributed by atoms with Crippen molar-refractivity contribution in [2.24, 2.45) is 5.92 Å². The van der Waals surface area contributed by atoms with Crippen LogP contribution in [0.1, 0.15) is 131 Å². The Morgan fingerprint density at radius 1 is 0.426 bits per heavy atom. The fourth-order valence-corrected chi connectivity index (χ4v) is 23.1. The molecule has 5 aromatic carbocycles. The lowest BCUT2D eigenvalue weighted by atomic mass is 10.0. The van der Waals surface area contributed by atoms with Crippen LogP contribution in [-0.2, 0) is 51.7 Å². The summed E-state index contributed by atoms with van der Waals surface area (Å²) < 4.78 is 97.0. The number of hydrogen-bond acceptors (Lipinski definition) is 21.